The summed E-state index contributed by atoms with van der Waals surface area (Å²) < 4.78 is 5.18. The van der Waals surface area contributed by atoms with Gasteiger partial charge in [0.2, 0.25) is 0 Å². The van der Waals surface area contributed by atoms with Gasteiger partial charge in [0.1, 0.15) is 0 Å². The normalized spacial score (nSPS) is 14.8. The summed E-state index contributed by atoms with van der Waals surface area (Å²) in [5.74, 6) is 0. The molecule has 12 heavy (non-hydrogen) atoms. The molecule has 0 heterocycles. The number of hydrogen-bond acceptors (Lipinski definition) is 2. The van der Waals surface area contributed by atoms with Gasteiger partial charge in [0, 0.05) is 7.11 Å². The second kappa shape index (κ2) is 5.55. The molecule has 0 amide bonds. The summed E-state index contributed by atoms with van der Waals surface area (Å²) in [5.41, 5.74) is -0.395. The first-order valence-electron chi connectivity index (χ1n) is 4.77. The molecule has 1 N–H and O–H groups in total. The number of aliphatic hydroxyl groups excluding tert-OH is 1. The first-order valence-corrected chi connectivity index (χ1v) is 4.77. The van der Waals surface area contributed by atoms with E-state index in [-0.39, 0.29) is 6.10 Å². The third kappa shape index (κ3) is 4.07. The van der Waals surface area contributed by atoms with E-state index in [1.54, 1.807) is 7.11 Å². The second-order valence-electron chi connectivity index (χ2n) is 3.82. The van der Waals surface area contributed by atoms with E-state index in [9.17, 15) is 5.11 Å². The number of ether oxygens (including phenoxy) is 1. The SMILES string of the molecule is CCCCCC(O)C(C)(C)OC. The van der Waals surface area contributed by atoms with Crippen LogP contribution in [0.25, 0.3) is 0 Å². The maximum Gasteiger partial charge on any atom is 0.0880 e. The Bertz CT molecular complexity index is 110. The van der Waals surface area contributed by atoms with Crippen molar-refractivity contribution in [3.63, 3.8) is 0 Å². The van der Waals surface area contributed by atoms with Crippen molar-refractivity contribution in [2.75, 3.05) is 7.11 Å². The fraction of sp³-hybridized carbons (Fsp3) is 1.00. The Morgan fingerprint density at radius 1 is 1.33 bits per heavy atom. The van der Waals surface area contributed by atoms with Crippen molar-refractivity contribution < 1.29 is 9.84 Å². The Morgan fingerprint density at radius 2 is 1.92 bits per heavy atom. The second-order valence-corrected chi connectivity index (χ2v) is 3.82. The summed E-state index contributed by atoms with van der Waals surface area (Å²) in [6, 6.07) is 0. The van der Waals surface area contributed by atoms with Crippen LogP contribution in [0.4, 0.5) is 0 Å². The van der Waals surface area contributed by atoms with Crippen LogP contribution in [0, 0.1) is 0 Å². The van der Waals surface area contributed by atoms with Crippen molar-refractivity contribution in [1.29, 1.82) is 0 Å². The van der Waals surface area contributed by atoms with E-state index in [1.807, 2.05) is 13.8 Å². The molecule has 0 aromatic rings. The van der Waals surface area contributed by atoms with Crippen LogP contribution in [-0.2, 0) is 4.74 Å². The van der Waals surface area contributed by atoms with Crippen LogP contribution in [0.2, 0.25) is 0 Å². The quantitative estimate of drug-likeness (QED) is 0.626. The molecule has 1 unspecified atom stereocenters. The van der Waals surface area contributed by atoms with E-state index >= 15 is 0 Å². The monoisotopic (exact) mass is 174 g/mol. The lowest BCUT2D eigenvalue weighted by Crippen LogP contribution is -2.37. The molecule has 2 heteroatoms. The molecular formula is C10H22O2. The van der Waals surface area contributed by atoms with E-state index in [1.165, 1.54) is 12.8 Å². The molecule has 1 atom stereocenters. The van der Waals surface area contributed by atoms with Gasteiger partial charge in [-0.05, 0) is 20.3 Å². The van der Waals surface area contributed by atoms with Crippen LogP contribution < -0.4 is 0 Å². The van der Waals surface area contributed by atoms with Crippen molar-refractivity contribution in [3.05, 3.63) is 0 Å². The zero-order chi connectivity index (χ0) is 9.61. The molecule has 0 saturated carbocycles. The summed E-state index contributed by atoms with van der Waals surface area (Å²) in [6.45, 7) is 6.00. The Balaban J connectivity index is 3.63. The third-order valence-corrected chi connectivity index (χ3v) is 2.41. The molecule has 0 spiro atoms. The number of rotatable bonds is 6. The third-order valence-electron chi connectivity index (χ3n) is 2.41. The van der Waals surface area contributed by atoms with Gasteiger partial charge < -0.3 is 9.84 Å². The van der Waals surface area contributed by atoms with Gasteiger partial charge in [0.25, 0.3) is 0 Å². The molecule has 0 aromatic carbocycles. The highest BCUT2D eigenvalue weighted by Crippen LogP contribution is 2.18. The van der Waals surface area contributed by atoms with E-state index in [4.69, 9.17) is 4.74 Å². The van der Waals surface area contributed by atoms with Crippen molar-refractivity contribution in [2.45, 2.75) is 58.2 Å². The van der Waals surface area contributed by atoms with E-state index in [0.29, 0.717) is 0 Å². The Labute approximate surface area is 75.9 Å². The van der Waals surface area contributed by atoms with Crippen molar-refractivity contribution >= 4 is 0 Å². The summed E-state index contributed by atoms with van der Waals surface area (Å²) in [7, 11) is 1.64. The highest BCUT2D eigenvalue weighted by atomic mass is 16.5. The van der Waals surface area contributed by atoms with Gasteiger partial charge in [-0.3, -0.25) is 0 Å². The van der Waals surface area contributed by atoms with Gasteiger partial charge in [0.05, 0.1) is 11.7 Å². The minimum Gasteiger partial charge on any atom is -0.390 e. The molecule has 0 bridgehead atoms. The Hall–Kier alpha value is -0.0800. The van der Waals surface area contributed by atoms with E-state index in [2.05, 4.69) is 6.92 Å². The van der Waals surface area contributed by atoms with Crippen LogP contribution in [0.3, 0.4) is 0 Å². The van der Waals surface area contributed by atoms with Crippen molar-refractivity contribution in [2.24, 2.45) is 0 Å². The van der Waals surface area contributed by atoms with Crippen molar-refractivity contribution in [1.82, 2.24) is 0 Å². The fourth-order valence-electron chi connectivity index (χ4n) is 1.07. The molecule has 0 radical (unpaired) electrons. The number of hydrogen-bond donors (Lipinski definition) is 1. The number of aliphatic hydroxyl groups is 1. The van der Waals surface area contributed by atoms with Crippen LogP contribution in [-0.4, -0.2) is 23.9 Å². The summed E-state index contributed by atoms with van der Waals surface area (Å²) in [6.07, 6.45) is 3.98. The van der Waals surface area contributed by atoms with E-state index < -0.39 is 5.60 Å². The van der Waals surface area contributed by atoms with Gasteiger partial charge in [-0.25, -0.2) is 0 Å². The number of unbranched alkanes of at least 4 members (excludes halogenated alkanes) is 2. The average molecular weight is 174 g/mol. The van der Waals surface area contributed by atoms with Gasteiger partial charge in [0.15, 0.2) is 0 Å². The first-order chi connectivity index (χ1) is 5.54. The van der Waals surface area contributed by atoms with E-state index in [0.717, 1.165) is 12.8 Å². The van der Waals surface area contributed by atoms with Crippen LogP contribution >= 0.6 is 0 Å². The predicted molar refractivity (Wildman–Crippen MR) is 51.2 cm³/mol. The molecular weight excluding hydrogens is 152 g/mol. The molecule has 0 saturated heterocycles. The topological polar surface area (TPSA) is 29.5 Å². The molecule has 74 valence electrons. The largest absolute Gasteiger partial charge is 0.390 e. The summed E-state index contributed by atoms with van der Waals surface area (Å²) in [5, 5.41) is 9.68. The Kier molecular flexibility index (Phi) is 5.51. The lowest BCUT2D eigenvalue weighted by atomic mass is 9.96. The first kappa shape index (κ1) is 11.9. The van der Waals surface area contributed by atoms with Gasteiger partial charge >= 0.3 is 0 Å². The summed E-state index contributed by atoms with van der Waals surface area (Å²) in [4.78, 5) is 0. The lowest BCUT2D eigenvalue weighted by molar-refractivity contribution is -0.0807. The van der Waals surface area contributed by atoms with Gasteiger partial charge in [-0.2, -0.15) is 0 Å². The maximum absolute atomic E-state index is 9.68. The Morgan fingerprint density at radius 3 is 2.33 bits per heavy atom. The highest BCUT2D eigenvalue weighted by molar-refractivity contribution is 4.77. The average Bonchev–Trinajstić information content (AvgIpc) is 2.05. The lowest BCUT2D eigenvalue weighted by Gasteiger charge is -2.28. The smallest absolute Gasteiger partial charge is 0.0880 e. The van der Waals surface area contributed by atoms with Gasteiger partial charge in [-0.1, -0.05) is 26.2 Å². The maximum atomic E-state index is 9.68. The predicted octanol–water partition coefficient (Wildman–Crippen LogP) is 2.35. The molecule has 0 aliphatic rings. The molecule has 0 aliphatic carbocycles. The minimum absolute atomic E-state index is 0.339. The number of methoxy groups -OCH3 is 1. The van der Waals surface area contributed by atoms with Gasteiger partial charge in [-0.15, -0.1) is 0 Å². The summed E-state index contributed by atoms with van der Waals surface area (Å²) >= 11 is 0. The zero-order valence-corrected chi connectivity index (χ0v) is 8.76. The fourth-order valence-corrected chi connectivity index (χ4v) is 1.07. The minimum atomic E-state index is -0.395. The molecule has 2 nitrogen and oxygen atoms in total. The van der Waals surface area contributed by atoms with Crippen LogP contribution in [0.1, 0.15) is 46.5 Å². The molecule has 0 rings (SSSR count). The van der Waals surface area contributed by atoms with Crippen LogP contribution in [0.15, 0.2) is 0 Å². The molecule has 0 aliphatic heterocycles. The zero-order valence-electron chi connectivity index (χ0n) is 8.76. The standard InChI is InChI=1S/C10H22O2/c1-5-6-7-8-9(11)10(2,3)12-4/h9,11H,5-8H2,1-4H3. The van der Waals surface area contributed by atoms with Crippen LogP contribution in [0.5, 0.6) is 0 Å². The highest BCUT2D eigenvalue weighted by Gasteiger charge is 2.26. The molecule has 0 fully saturated rings. The van der Waals surface area contributed by atoms with Crippen molar-refractivity contribution in [3.8, 4) is 0 Å². The molecule has 0 aromatic heterocycles.